The van der Waals surface area contributed by atoms with Crippen molar-refractivity contribution >= 4 is 21.6 Å². The molecule has 0 aliphatic rings. The summed E-state index contributed by atoms with van der Waals surface area (Å²) in [5, 5.41) is 3.38. The molecule has 0 bridgehead atoms. The van der Waals surface area contributed by atoms with Gasteiger partial charge in [0.2, 0.25) is 0 Å². The van der Waals surface area contributed by atoms with Gasteiger partial charge in [-0.05, 0) is 36.2 Å². The van der Waals surface area contributed by atoms with Crippen molar-refractivity contribution in [1.82, 2.24) is 0 Å². The van der Waals surface area contributed by atoms with Crippen LogP contribution in [0.5, 0.6) is 0 Å². The van der Waals surface area contributed by atoms with Crippen molar-refractivity contribution in [2.75, 3.05) is 11.9 Å². The molecule has 0 unspecified atom stereocenters. The van der Waals surface area contributed by atoms with Gasteiger partial charge in [-0.2, -0.15) is 0 Å². The molecule has 2 aromatic rings. The quantitative estimate of drug-likeness (QED) is 0.892. The van der Waals surface area contributed by atoms with Crippen LogP contribution < -0.4 is 5.32 Å². The van der Waals surface area contributed by atoms with Crippen LogP contribution in [0.2, 0.25) is 0 Å². The van der Waals surface area contributed by atoms with E-state index in [2.05, 4.69) is 45.5 Å². The maximum absolute atomic E-state index is 3.55. The second-order valence-electron chi connectivity index (χ2n) is 3.56. The van der Waals surface area contributed by atoms with Gasteiger partial charge in [-0.25, -0.2) is 0 Å². The maximum Gasteiger partial charge on any atom is 0.0340 e. The highest BCUT2D eigenvalue weighted by Gasteiger charge is 1.97. The van der Waals surface area contributed by atoms with Gasteiger partial charge in [-0.1, -0.05) is 46.3 Å². The Morgan fingerprint density at radius 3 is 2.56 bits per heavy atom. The Morgan fingerprint density at radius 2 is 1.81 bits per heavy atom. The van der Waals surface area contributed by atoms with E-state index in [0.717, 1.165) is 18.7 Å². The Labute approximate surface area is 105 Å². The second kappa shape index (κ2) is 5.71. The zero-order valence-electron chi connectivity index (χ0n) is 8.91. The molecule has 2 aromatic carbocycles. The third kappa shape index (κ3) is 3.11. The van der Waals surface area contributed by atoms with Crippen LogP contribution >= 0.6 is 15.9 Å². The molecule has 0 aromatic heterocycles. The molecule has 2 rings (SSSR count). The predicted molar refractivity (Wildman–Crippen MR) is 71.6 cm³/mol. The van der Waals surface area contributed by atoms with Gasteiger partial charge in [0.15, 0.2) is 0 Å². The molecular formula is C14H13BrN. The summed E-state index contributed by atoms with van der Waals surface area (Å²) in [5.74, 6) is 0. The van der Waals surface area contributed by atoms with Gasteiger partial charge in [0.1, 0.15) is 0 Å². The molecule has 0 heterocycles. The maximum atomic E-state index is 3.55. The molecule has 2 heteroatoms. The van der Waals surface area contributed by atoms with Gasteiger partial charge in [0.05, 0.1) is 0 Å². The van der Waals surface area contributed by atoms with Crippen LogP contribution in [-0.2, 0) is 6.42 Å². The number of nitrogens with one attached hydrogen (secondary N) is 1. The lowest BCUT2D eigenvalue weighted by Crippen LogP contribution is -2.04. The fourth-order valence-corrected chi connectivity index (χ4v) is 2.03. The first kappa shape index (κ1) is 11.2. The van der Waals surface area contributed by atoms with E-state index in [1.807, 2.05) is 30.3 Å². The number of benzene rings is 2. The lowest BCUT2D eigenvalue weighted by molar-refractivity contribution is 1.01. The number of anilines is 1. The van der Waals surface area contributed by atoms with Crippen LogP contribution in [0.25, 0.3) is 0 Å². The summed E-state index contributed by atoms with van der Waals surface area (Å²) in [5.41, 5.74) is 2.48. The van der Waals surface area contributed by atoms with Crippen LogP contribution in [0.4, 0.5) is 5.69 Å². The third-order valence-corrected chi connectivity index (χ3v) is 3.17. The molecule has 16 heavy (non-hydrogen) atoms. The van der Waals surface area contributed by atoms with E-state index in [1.54, 1.807) is 0 Å². The molecule has 0 fully saturated rings. The van der Waals surface area contributed by atoms with Crippen LogP contribution in [0.1, 0.15) is 5.56 Å². The molecule has 0 saturated heterocycles. The van der Waals surface area contributed by atoms with Crippen molar-refractivity contribution in [3.63, 3.8) is 0 Å². The first-order valence-corrected chi connectivity index (χ1v) is 6.09. The molecule has 0 aliphatic carbocycles. The minimum atomic E-state index is 0.937. The average Bonchev–Trinajstić information content (AvgIpc) is 2.33. The minimum absolute atomic E-state index is 0.937. The van der Waals surface area contributed by atoms with Crippen molar-refractivity contribution in [1.29, 1.82) is 0 Å². The molecule has 0 amide bonds. The largest absolute Gasteiger partial charge is 0.385 e. The lowest BCUT2D eigenvalue weighted by Gasteiger charge is -2.07. The molecule has 1 radical (unpaired) electrons. The Morgan fingerprint density at radius 1 is 1.06 bits per heavy atom. The highest BCUT2D eigenvalue weighted by Crippen LogP contribution is 2.16. The number of halogens is 1. The average molecular weight is 275 g/mol. The van der Waals surface area contributed by atoms with Gasteiger partial charge in [-0.3, -0.25) is 0 Å². The predicted octanol–water partition coefficient (Wildman–Crippen LogP) is 3.90. The van der Waals surface area contributed by atoms with Gasteiger partial charge >= 0.3 is 0 Å². The van der Waals surface area contributed by atoms with Crippen molar-refractivity contribution in [3.05, 3.63) is 64.6 Å². The van der Waals surface area contributed by atoms with E-state index >= 15 is 0 Å². The number of hydrogen-bond acceptors (Lipinski definition) is 1. The second-order valence-corrected chi connectivity index (χ2v) is 4.41. The molecular weight excluding hydrogens is 262 g/mol. The Balaban J connectivity index is 1.87. The summed E-state index contributed by atoms with van der Waals surface area (Å²) >= 11 is 3.55. The summed E-state index contributed by atoms with van der Waals surface area (Å²) in [6.07, 6.45) is 1.01. The Hall–Kier alpha value is -1.28. The van der Waals surface area contributed by atoms with Crippen LogP contribution in [-0.4, -0.2) is 6.54 Å². The van der Waals surface area contributed by atoms with Gasteiger partial charge < -0.3 is 5.32 Å². The number of hydrogen-bond donors (Lipinski definition) is 1. The van der Waals surface area contributed by atoms with Crippen LogP contribution in [0, 0.1) is 6.07 Å². The Bertz CT molecular complexity index is 439. The van der Waals surface area contributed by atoms with Crippen molar-refractivity contribution in [2.24, 2.45) is 0 Å². The normalized spacial score (nSPS) is 10.1. The van der Waals surface area contributed by atoms with E-state index in [0.29, 0.717) is 0 Å². The SMILES string of the molecule is Brc1ccccc1CCNc1cc[c]cc1. The molecule has 0 atom stereocenters. The van der Waals surface area contributed by atoms with Crippen LogP contribution in [0.15, 0.2) is 53.0 Å². The van der Waals surface area contributed by atoms with Gasteiger partial charge in [-0.15, -0.1) is 0 Å². The molecule has 1 nitrogen and oxygen atoms in total. The van der Waals surface area contributed by atoms with Gasteiger partial charge in [0, 0.05) is 16.7 Å². The third-order valence-electron chi connectivity index (χ3n) is 2.40. The summed E-state index contributed by atoms with van der Waals surface area (Å²) in [7, 11) is 0. The number of rotatable bonds is 4. The monoisotopic (exact) mass is 274 g/mol. The smallest absolute Gasteiger partial charge is 0.0340 e. The highest BCUT2D eigenvalue weighted by molar-refractivity contribution is 9.10. The fourth-order valence-electron chi connectivity index (χ4n) is 1.55. The van der Waals surface area contributed by atoms with Crippen molar-refractivity contribution in [2.45, 2.75) is 6.42 Å². The first-order valence-electron chi connectivity index (χ1n) is 5.29. The summed E-state index contributed by atoms with van der Waals surface area (Å²) in [4.78, 5) is 0. The van der Waals surface area contributed by atoms with E-state index in [-0.39, 0.29) is 0 Å². The van der Waals surface area contributed by atoms with Crippen molar-refractivity contribution < 1.29 is 0 Å². The Kier molecular flexibility index (Phi) is 4.00. The van der Waals surface area contributed by atoms with Crippen LogP contribution in [0.3, 0.4) is 0 Å². The zero-order valence-corrected chi connectivity index (χ0v) is 10.5. The van der Waals surface area contributed by atoms with Gasteiger partial charge in [0.25, 0.3) is 0 Å². The molecule has 0 spiro atoms. The first-order chi connectivity index (χ1) is 7.86. The lowest BCUT2D eigenvalue weighted by atomic mass is 10.1. The highest BCUT2D eigenvalue weighted by atomic mass is 79.9. The summed E-state index contributed by atoms with van der Waals surface area (Å²) < 4.78 is 1.18. The van der Waals surface area contributed by atoms with E-state index < -0.39 is 0 Å². The van der Waals surface area contributed by atoms with E-state index in [9.17, 15) is 0 Å². The molecule has 0 saturated carbocycles. The zero-order chi connectivity index (χ0) is 11.2. The summed E-state index contributed by atoms with van der Waals surface area (Å²) in [6.45, 7) is 0.937. The minimum Gasteiger partial charge on any atom is -0.385 e. The molecule has 81 valence electrons. The topological polar surface area (TPSA) is 12.0 Å². The standard InChI is InChI=1S/C14H13BrN/c15-14-9-5-4-6-12(14)10-11-16-13-7-2-1-3-8-13/h2-9,16H,10-11H2. The van der Waals surface area contributed by atoms with Crippen molar-refractivity contribution in [3.8, 4) is 0 Å². The fraction of sp³-hybridized carbons (Fsp3) is 0.143. The summed E-state index contributed by atoms with van der Waals surface area (Å²) in [6, 6.07) is 19.2. The molecule has 1 N–H and O–H groups in total. The van der Waals surface area contributed by atoms with E-state index in [1.165, 1.54) is 10.0 Å². The van der Waals surface area contributed by atoms with E-state index in [4.69, 9.17) is 0 Å². The molecule has 0 aliphatic heterocycles.